The highest BCUT2D eigenvalue weighted by Gasteiger charge is 2.38. The number of amides is 1. The number of phenolic OH excluding ortho intramolecular Hbond substituents is 1. The molecule has 1 aromatic rings. The summed E-state index contributed by atoms with van der Waals surface area (Å²) in [5, 5.41) is 19.8. The minimum Gasteiger partial charge on any atom is -0.508 e. The fourth-order valence-corrected chi connectivity index (χ4v) is 2.69. The van der Waals surface area contributed by atoms with Gasteiger partial charge in [-0.05, 0) is 63.8 Å². The van der Waals surface area contributed by atoms with Crippen LogP contribution in [-0.2, 0) is 23.9 Å². The predicted molar refractivity (Wildman–Crippen MR) is 151 cm³/mol. The van der Waals surface area contributed by atoms with Crippen LogP contribution in [0.4, 0.5) is 0 Å². The molecule has 9 heteroatoms. The first-order valence-electron chi connectivity index (χ1n) is 13.8. The Hall–Kier alpha value is -2.65. The van der Waals surface area contributed by atoms with Crippen LogP contribution in [0.2, 0.25) is 0 Å². The average molecular weight is 554 g/mol. The quantitative estimate of drug-likeness (QED) is 0.193. The normalized spacial score (nSPS) is 14.7. The third kappa shape index (κ3) is 12.8. The van der Waals surface area contributed by atoms with Gasteiger partial charge in [0.2, 0.25) is 5.91 Å². The van der Waals surface area contributed by atoms with E-state index < -0.39 is 5.41 Å². The second-order valence-electron chi connectivity index (χ2n) is 11.3. The molecule has 0 spiro atoms. The van der Waals surface area contributed by atoms with Gasteiger partial charge in [0.1, 0.15) is 24.8 Å². The van der Waals surface area contributed by atoms with Gasteiger partial charge < -0.3 is 29.7 Å². The Bertz CT molecular complexity index is 870. The van der Waals surface area contributed by atoms with Crippen LogP contribution in [0, 0.1) is 22.2 Å². The number of hydrogen-bond acceptors (Lipinski definition) is 8. The van der Waals surface area contributed by atoms with Gasteiger partial charge in [0.25, 0.3) is 0 Å². The van der Waals surface area contributed by atoms with Crippen molar-refractivity contribution < 1.29 is 38.8 Å². The molecule has 9 nitrogen and oxygen atoms in total. The summed E-state index contributed by atoms with van der Waals surface area (Å²) in [6.07, 6.45) is 3.36. The van der Waals surface area contributed by atoms with Crippen LogP contribution in [0.1, 0.15) is 88.0 Å². The zero-order valence-electron chi connectivity index (χ0n) is 25.4. The number of benzene rings is 1. The van der Waals surface area contributed by atoms with E-state index in [2.05, 4.69) is 12.2 Å². The molecule has 1 saturated heterocycles. The summed E-state index contributed by atoms with van der Waals surface area (Å²) in [5.41, 5.74) is -0.719. The lowest BCUT2D eigenvalue weighted by atomic mass is 9.84. The van der Waals surface area contributed by atoms with Gasteiger partial charge in [-0.1, -0.05) is 48.5 Å². The van der Waals surface area contributed by atoms with Crippen molar-refractivity contribution in [3.63, 3.8) is 0 Å². The Kier molecular flexibility index (Phi) is 16.0. The molecular formula is C30H51NO8. The number of hydrogen-bond donors (Lipinski definition) is 3. The lowest BCUT2D eigenvalue weighted by Crippen LogP contribution is -2.46. The molecule has 1 unspecified atom stereocenters. The van der Waals surface area contributed by atoms with E-state index in [9.17, 15) is 14.4 Å². The molecule has 0 saturated carbocycles. The van der Waals surface area contributed by atoms with E-state index in [0.29, 0.717) is 12.4 Å². The van der Waals surface area contributed by atoms with Crippen LogP contribution >= 0.6 is 0 Å². The fourth-order valence-electron chi connectivity index (χ4n) is 2.69. The maximum absolute atomic E-state index is 11.7. The summed E-state index contributed by atoms with van der Waals surface area (Å²) in [6.45, 7) is 19.0. The lowest BCUT2D eigenvalue weighted by molar-refractivity contribution is -0.173. The molecule has 0 radical (unpaired) electrons. The molecular weight excluding hydrogens is 502 g/mol. The Morgan fingerprint density at radius 3 is 1.92 bits per heavy atom. The number of phenols is 1. The molecule has 1 heterocycles. The van der Waals surface area contributed by atoms with E-state index in [0.717, 1.165) is 38.9 Å². The Morgan fingerprint density at radius 1 is 1.00 bits per heavy atom. The maximum Gasteiger partial charge on any atom is 0.316 e. The molecule has 1 atom stereocenters. The highest BCUT2D eigenvalue weighted by atomic mass is 16.5. The van der Waals surface area contributed by atoms with Crippen LogP contribution in [0.3, 0.4) is 0 Å². The average Bonchev–Trinajstić information content (AvgIpc) is 2.89. The number of carbonyl (C=O) groups excluding carboxylic acids is 3. The molecule has 1 amide bonds. The predicted octanol–water partition coefficient (Wildman–Crippen LogP) is 5.22. The molecule has 0 aromatic heterocycles. The Balaban J connectivity index is 0.000000568. The molecule has 0 aliphatic carbocycles. The molecule has 1 aliphatic rings. The Morgan fingerprint density at radius 2 is 1.54 bits per heavy atom. The lowest BCUT2D eigenvalue weighted by Gasteiger charge is -2.40. The van der Waals surface area contributed by atoms with E-state index in [-0.39, 0.29) is 47.1 Å². The first-order valence-corrected chi connectivity index (χ1v) is 13.8. The summed E-state index contributed by atoms with van der Waals surface area (Å²) in [5.74, 6) is 0.203. The minimum absolute atomic E-state index is 0.0184. The fraction of sp³-hybridized carbons (Fsp3) is 0.700. The summed E-state index contributed by atoms with van der Waals surface area (Å²) in [7, 11) is 0. The van der Waals surface area contributed by atoms with Gasteiger partial charge in [0, 0.05) is 5.41 Å². The van der Waals surface area contributed by atoms with E-state index in [1.165, 1.54) is 12.1 Å². The van der Waals surface area contributed by atoms with Crippen LogP contribution in [-0.4, -0.2) is 54.6 Å². The van der Waals surface area contributed by atoms with Crippen LogP contribution in [0.5, 0.6) is 11.5 Å². The highest BCUT2D eigenvalue weighted by molar-refractivity contribution is 5.81. The molecule has 3 N–H and O–H groups in total. The van der Waals surface area contributed by atoms with Crippen molar-refractivity contribution >= 4 is 17.8 Å². The second kappa shape index (κ2) is 17.1. The van der Waals surface area contributed by atoms with Crippen molar-refractivity contribution in [3.05, 3.63) is 24.3 Å². The van der Waals surface area contributed by atoms with Gasteiger partial charge in [-0.15, -0.1) is 0 Å². The highest BCUT2D eigenvalue weighted by Crippen LogP contribution is 2.31. The number of aromatic hydroxyl groups is 1. The summed E-state index contributed by atoms with van der Waals surface area (Å²) < 4.78 is 15.6. The number of esters is 2. The summed E-state index contributed by atoms with van der Waals surface area (Å²) in [4.78, 5) is 34.1. The molecule has 39 heavy (non-hydrogen) atoms. The molecule has 2 rings (SSSR count). The first kappa shape index (κ1) is 36.4. The number of aliphatic hydroxyl groups excluding tert-OH is 1. The van der Waals surface area contributed by atoms with Crippen molar-refractivity contribution in [2.24, 2.45) is 22.2 Å². The largest absolute Gasteiger partial charge is 0.508 e. The monoisotopic (exact) mass is 553 g/mol. The van der Waals surface area contributed by atoms with Crippen molar-refractivity contribution in [1.29, 1.82) is 0 Å². The maximum atomic E-state index is 11.7. The Labute approximate surface area is 234 Å². The zero-order valence-corrected chi connectivity index (χ0v) is 25.4. The van der Waals surface area contributed by atoms with E-state index in [1.54, 1.807) is 12.1 Å². The topological polar surface area (TPSA) is 131 Å². The number of carbonyl (C=O) groups is 3. The first-order chi connectivity index (χ1) is 18.1. The smallest absolute Gasteiger partial charge is 0.316 e. The van der Waals surface area contributed by atoms with Crippen LogP contribution < -0.4 is 10.1 Å². The number of nitrogens with one attached hydrogen (secondary N) is 1. The number of aliphatic hydroxyl groups is 1. The van der Waals surface area contributed by atoms with Crippen LogP contribution in [0.25, 0.3) is 0 Å². The summed E-state index contributed by atoms with van der Waals surface area (Å²) in [6, 6.07) is 6.11. The van der Waals surface area contributed by atoms with E-state index >= 15 is 0 Å². The van der Waals surface area contributed by atoms with E-state index in [1.807, 2.05) is 55.4 Å². The van der Waals surface area contributed by atoms with Crippen LogP contribution in [0.15, 0.2) is 24.3 Å². The molecule has 1 fully saturated rings. The van der Waals surface area contributed by atoms with Gasteiger partial charge in [0.15, 0.2) is 0 Å². The molecule has 0 bridgehead atoms. The van der Waals surface area contributed by atoms with E-state index in [4.69, 9.17) is 24.4 Å². The van der Waals surface area contributed by atoms with Gasteiger partial charge in [-0.3, -0.25) is 14.4 Å². The van der Waals surface area contributed by atoms with Crippen molar-refractivity contribution in [3.8, 4) is 11.5 Å². The number of ether oxygens (including phenoxy) is 3. The summed E-state index contributed by atoms with van der Waals surface area (Å²) >= 11 is 0. The third-order valence-corrected chi connectivity index (χ3v) is 7.32. The second-order valence-corrected chi connectivity index (χ2v) is 11.3. The van der Waals surface area contributed by atoms with Crippen molar-refractivity contribution in [2.75, 3.05) is 26.6 Å². The van der Waals surface area contributed by atoms with Gasteiger partial charge in [-0.2, -0.15) is 0 Å². The SMILES string of the molecule is CCC(C)(C)C(=O)NCO.CCC(C)(C)C(=O)Oc1ccc(O)cc1.CCC(C)C(=O)OCC1(CC)COC1. The minimum atomic E-state index is -0.474. The van der Waals surface area contributed by atoms with Gasteiger partial charge in [0.05, 0.1) is 30.0 Å². The standard InChI is InChI=1S/C12H16O3.C11H20O3.C7H15NO2/c1-4-12(2,3)11(14)15-10-7-5-9(13)6-8-10;1-4-9(3)10(12)14-8-11(5-2)6-13-7-11;1-4-7(2,3)6(10)8-5-9/h5-8,13H,4H2,1-3H3;9H,4-8H2,1-3H3;9H,4-5H2,1-3H3,(H,8,10). The molecule has 224 valence electrons. The van der Waals surface area contributed by atoms with Crippen molar-refractivity contribution in [2.45, 2.75) is 88.0 Å². The number of rotatable bonds is 11. The zero-order chi connectivity index (χ0) is 30.3. The third-order valence-electron chi connectivity index (χ3n) is 7.32. The van der Waals surface area contributed by atoms with Gasteiger partial charge in [-0.25, -0.2) is 0 Å². The van der Waals surface area contributed by atoms with Gasteiger partial charge >= 0.3 is 11.9 Å². The van der Waals surface area contributed by atoms with Crippen molar-refractivity contribution in [1.82, 2.24) is 5.32 Å². The molecule has 1 aromatic carbocycles. The molecule has 1 aliphatic heterocycles.